The van der Waals surface area contributed by atoms with E-state index in [0.717, 1.165) is 57.2 Å². The zero-order valence-corrected chi connectivity index (χ0v) is 14.9. The minimum absolute atomic E-state index is 0.0251. The van der Waals surface area contributed by atoms with E-state index in [2.05, 4.69) is 31.0 Å². The van der Waals surface area contributed by atoms with E-state index in [1.807, 2.05) is 6.92 Å². The number of carbonyl (C=O) groups excluding carboxylic acids is 1. The van der Waals surface area contributed by atoms with Crippen molar-refractivity contribution in [1.82, 2.24) is 10.2 Å². The lowest BCUT2D eigenvalue weighted by molar-refractivity contribution is -0.128. The van der Waals surface area contributed by atoms with Crippen molar-refractivity contribution < 1.29 is 4.79 Å². The summed E-state index contributed by atoms with van der Waals surface area (Å²) >= 11 is 0. The van der Waals surface area contributed by atoms with Crippen LogP contribution in [-0.2, 0) is 4.79 Å². The van der Waals surface area contributed by atoms with Crippen molar-refractivity contribution in [3.63, 3.8) is 0 Å². The maximum absolute atomic E-state index is 12.6. The molecule has 0 bridgehead atoms. The van der Waals surface area contributed by atoms with Gasteiger partial charge >= 0.3 is 0 Å². The summed E-state index contributed by atoms with van der Waals surface area (Å²) in [5, 5.41) is 3.22. The number of nitrogens with one attached hydrogen (secondary N) is 1. The smallest absolute Gasteiger partial charge is 0.225 e. The van der Waals surface area contributed by atoms with Gasteiger partial charge in [0.05, 0.1) is 5.92 Å². The van der Waals surface area contributed by atoms with E-state index in [9.17, 15) is 4.79 Å². The van der Waals surface area contributed by atoms with E-state index in [1.165, 1.54) is 6.42 Å². The molecule has 2 rings (SSSR count). The number of carbonyl (C=O) groups is 1. The van der Waals surface area contributed by atoms with Gasteiger partial charge in [-0.25, -0.2) is 0 Å². The van der Waals surface area contributed by atoms with Crippen LogP contribution in [0.15, 0.2) is 0 Å². The minimum Gasteiger partial charge on any atom is -0.352 e. The largest absolute Gasteiger partial charge is 0.352 e. The zero-order valence-electron chi connectivity index (χ0n) is 14.9. The summed E-state index contributed by atoms with van der Waals surface area (Å²) in [6, 6.07) is 0.197. The summed E-state index contributed by atoms with van der Waals surface area (Å²) in [6.07, 6.45) is 5.49. The number of piperidine rings is 1. The normalized spacial score (nSPS) is 38.5. The summed E-state index contributed by atoms with van der Waals surface area (Å²) in [5.74, 6) is 1.66. The molecule has 1 amide bonds. The third-order valence-electron chi connectivity index (χ3n) is 5.44. The Hall–Kier alpha value is -0.610. The first kappa shape index (κ1) is 17.7. The molecule has 3 N–H and O–H groups in total. The molecule has 128 valence electrons. The molecule has 5 unspecified atom stereocenters. The van der Waals surface area contributed by atoms with Gasteiger partial charge in [0, 0.05) is 31.2 Å². The summed E-state index contributed by atoms with van der Waals surface area (Å²) in [5.41, 5.74) is 6.01. The first-order valence-corrected chi connectivity index (χ1v) is 9.09. The van der Waals surface area contributed by atoms with Crippen molar-refractivity contribution in [3.8, 4) is 0 Å². The van der Waals surface area contributed by atoms with E-state index >= 15 is 0 Å². The van der Waals surface area contributed by atoms with Crippen LogP contribution in [0.2, 0.25) is 0 Å². The van der Waals surface area contributed by atoms with Crippen LogP contribution in [0, 0.1) is 17.8 Å². The molecule has 0 radical (unpaired) electrons. The second kappa shape index (κ2) is 7.31. The molecule has 0 aromatic carbocycles. The fourth-order valence-electron chi connectivity index (χ4n) is 4.51. The summed E-state index contributed by atoms with van der Waals surface area (Å²) in [7, 11) is 0. The Balaban J connectivity index is 1.83. The lowest BCUT2D eigenvalue weighted by Crippen LogP contribution is -2.55. The lowest BCUT2D eigenvalue weighted by Gasteiger charge is -2.39. The number of hydrogen-bond donors (Lipinski definition) is 2. The average Bonchev–Trinajstić information content (AvgIpc) is 2.36. The SMILES string of the molecule is CC1CC(C)CN(CC(C)NC(=O)C2CCCCC2(C)N)C1. The number of nitrogens with zero attached hydrogens (tertiary/aromatic N) is 1. The van der Waals surface area contributed by atoms with Crippen molar-refractivity contribution in [3.05, 3.63) is 0 Å². The van der Waals surface area contributed by atoms with Gasteiger partial charge in [0.15, 0.2) is 0 Å². The molecule has 2 aliphatic rings. The van der Waals surface area contributed by atoms with Crippen molar-refractivity contribution in [2.75, 3.05) is 19.6 Å². The maximum Gasteiger partial charge on any atom is 0.225 e. The number of nitrogens with two attached hydrogens (primary N) is 1. The van der Waals surface area contributed by atoms with Crippen LogP contribution in [0.5, 0.6) is 0 Å². The van der Waals surface area contributed by atoms with Crippen molar-refractivity contribution in [2.45, 2.75) is 71.4 Å². The maximum atomic E-state index is 12.6. The van der Waals surface area contributed by atoms with Gasteiger partial charge in [-0.15, -0.1) is 0 Å². The summed E-state index contributed by atoms with van der Waals surface area (Å²) in [6.45, 7) is 12.1. The third-order valence-corrected chi connectivity index (χ3v) is 5.44. The second-order valence-electron chi connectivity index (χ2n) is 8.38. The summed E-state index contributed by atoms with van der Waals surface area (Å²) in [4.78, 5) is 15.1. The first-order chi connectivity index (χ1) is 10.3. The van der Waals surface area contributed by atoms with E-state index in [0.29, 0.717) is 0 Å². The van der Waals surface area contributed by atoms with Crippen LogP contribution in [0.4, 0.5) is 0 Å². The van der Waals surface area contributed by atoms with Crippen molar-refractivity contribution in [2.24, 2.45) is 23.5 Å². The Bertz CT molecular complexity index is 373. The van der Waals surface area contributed by atoms with Gasteiger partial charge in [0.2, 0.25) is 5.91 Å². The van der Waals surface area contributed by atoms with Gasteiger partial charge in [0.25, 0.3) is 0 Å². The predicted octanol–water partition coefficient (Wildman–Crippen LogP) is 2.38. The molecule has 4 heteroatoms. The summed E-state index contributed by atoms with van der Waals surface area (Å²) < 4.78 is 0. The van der Waals surface area contributed by atoms with Crippen molar-refractivity contribution in [1.29, 1.82) is 0 Å². The molecule has 4 nitrogen and oxygen atoms in total. The molecule has 0 aromatic heterocycles. The Kier molecular flexibility index (Phi) is 5.89. The number of amides is 1. The first-order valence-electron chi connectivity index (χ1n) is 9.09. The molecule has 0 spiro atoms. The van der Waals surface area contributed by atoms with Crippen LogP contribution in [0.25, 0.3) is 0 Å². The molecular formula is C18H35N3O. The fourth-order valence-corrected chi connectivity index (χ4v) is 4.51. The van der Waals surface area contributed by atoms with Crippen LogP contribution < -0.4 is 11.1 Å². The number of rotatable bonds is 4. The van der Waals surface area contributed by atoms with Gasteiger partial charge in [0.1, 0.15) is 0 Å². The average molecular weight is 309 g/mol. The van der Waals surface area contributed by atoms with Gasteiger partial charge in [-0.1, -0.05) is 26.7 Å². The molecule has 1 saturated carbocycles. The highest BCUT2D eigenvalue weighted by molar-refractivity contribution is 5.80. The molecule has 22 heavy (non-hydrogen) atoms. The highest BCUT2D eigenvalue weighted by Crippen LogP contribution is 2.31. The van der Waals surface area contributed by atoms with E-state index in [-0.39, 0.29) is 23.4 Å². The third kappa shape index (κ3) is 4.69. The molecular weight excluding hydrogens is 274 g/mol. The molecule has 1 saturated heterocycles. The Labute approximate surface area is 136 Å². The molecule has 0 aromatic rings. The van der Waals surface area contributed by atoms with E-state index in [4.69, 9.17) is 5.73 Å². The zero-order chi connectivity index (χ0) is 16.3. The Morgan fingerprint density at radius 2 is 1.95 bits per heavy atom. The standard InChI is InChI=1S/C18H35N3O/c1-13-9-14(2)11-21(10-13)12-15(3)20-17(22)16-7-5-6-8-18(16,4)19/h13-16H,5-12,19H2,1-4H3,(H,20,22). The monoisotopic (exact) mass is 309 g/mol. The number of hydrogen-bond acceptors (Lipinski definition) is 3. The van der Waals surface area contributed by atoms with Crippen LogP contribution in [0.1, 0.15) is 59.8 Å². The Morgan fingerprint density at radius 1 is 1.32 bits per heavy atom. The quantitative estimate of drug-likeness (QED) is 0.838. The van der Waals surface area contributed by atoms with Gasteiger partial charge < -0.3 is 16.0 Å². The molecule has 5 atom stereocenters. The topological polar surface area (TPSA) is 58.4 Å². The van der Waals surface area contributed by atoms with Crippen LogP contribution >= 0.6 is 0 Å². The Morgan fingerprint density at radius 3 is 2.55 bits per heavy atom. The van der Waals surface area contributed by atoms with E-state index < -0.39 is 0 Å². The molecule has 1 aliphatic heterocycles. The highest BCUT2D eigenvalue weighted by atomic mass is 16.2. The second-order valence-corrected chi connectivity index (χ2v) is 8.38. The predicted molar refractivity (Wildman–Crippen MR) is 91.5 cm³/mol. The minimum atomic E-state index is -0.337. The van der Waals surface area contributed by atoms with Gasteiger partial charge in [-0.05, 0) is 44.9 Å². The van der Waals surface area contributed by atoms with Crippen LogP contribution in [0.3, 0.4) is 0 Å². The highest BCUT2D eigenvalue weighted by Gasteiger charge is 2.38. The van der Waals surface area contributed by atoms with Gasteiger partial charge in [-0.2, -0.15) is 0 Å². The molecule has 1 heterocycles. The van der Waals surface area contributed by atoms with Crippen LogP contribution in [-0.4, -0.2) is 42.0 Å². The lowest BCUT2D eigenvalue weighted by atomic mass is 9.74. The van der Waals surface area contributed by atoms with E-state index in [1.54, 1.807) is 0 Å². The fraction of sp³-hybridized carbons (Fsp3) is 0.944. The molecule has 1 aliphatic carbocycles. The van der Waals surface area contributed by atoms with Gasteiger partial charge in [-0.3, -0.25) is 4.79 Å². The molecule has 2 fully saturated rings. The number of likely N-dealkylation sites (tertiary alicyclic amines) is 1. The van der Waals surface area contributed by atoms with Crippen molar-refractivity contribution >= 4 is 5.91 Å².